The number of carbonyl (C=O) groups is 2. The van der Waals surface area contributed by atoms with Gasteiger partial charge in [0.25, 0.3) is 0 Å². The van der Waals surface area contributed by atoms with Crippen LogP contribution in [0.4, 0.5) is 11.4 Å². The van der Waals surface area contributed by atoms with Crippen LogP contribution in [0.1, 0.15) is 26.2 Å². The molecule has 0 aromatic heterocycles. The van der Waals surface area contributed by atoms with E-state index >= 15 is 0 Å². The lowest BCUT2D eigenvalue weighted by Gasteiger charge is -2.14. The van der Waals surface area contributed by atoms with E-state index in [1.165, 1.54) is 6.92 Å². The first-order chi connectivity index (χ1) is 8.63. The predicted molar refractivity (Wildman–Crippen MR) is 71.3 cm³/mol. The Morgan fingerprint density at radius 1 is 1.11 bits per heavy atom. The number of rotatable bonds is 3. The molecule has 0 aliphatic heterocycles. The summed E-state index contributed by atoms with van der Waals surface area (Å²) < 4.78 is 0. The molecule has 0 radical (unpaired) electrons. The van der Waals surface area contributed by atoms with E-state index in [1.54, 1.807) is 6.08 Å². The number of carbonyl (C=O) groups excluding carboxylic acids is 2. The van der Waals surface area contributed by atoms with Crippen LogP contribution in [-0.2, 0) is 9.59 Å². The normalized spacial score (nSPS) is 14.9. The molecule has 0 bridgehead atoms. The SMILES string of the molecule is CC(=O)Nc1ccc(NC2=CC(=O)CCC2)cc1. The minimum absolute atomic E-state index is 0.0868. The van der Waals surface area contributed by atoms with Gasteiger partial charge in [-0.25, -0.2) is 0 Å². The van der Waals surface area contributed by atoms with Crippen molar-refractivity contribution in [1.82, 2.24) is 0 Å². The molecule has 1 aliphatic rings. The van der Waals surface area contributed by atoms with E-state index in [-0.39, 0.29) is 11.7 Å². The summed E-state index contributed by atoms with van der Waals surface area (Å²) in [7, 11) is 0. The molecule has 2 rings (SSSR count). The fourth-order valence-corrected chi connectivity index (χ4v) is 1.92. The highest BCUT2D eigenvalue weighted by molar-refractivity contribution is 5.91. The van der Waals surface area contributed by atoms with Gasteiger partial charge in [-0.1, -0.05) is 0 Å². The van der Waals surface area contributed by atoms with Crippen molar-refractivity contribution >= 4 is 23.1 Å². The molecule has 0 spiro atoms. The zero-order valence-corrected chi connectivity index (χ0v) is 10.3. The fraction of sp³-hybridized carbons (Fsp3) is 0.286. The molecule has 18 heavy (non-hydrogen) atoms. The van der Waals surface area contributed by atoms with Crippen molar-refractivity contribution in [3.63, 3.8) is 0 Å². The number of ketones is 1. The molecule has 94 valence electrons. The Morgan fingerprint density at radius 3 is 2.39 bits per heavy atom. The molecule has 0 fully saturated rings. The second kappa shape index (κ2) is 5.49. The lowest BCUT2D eigenvalue weighted by molar-refractivity contribution is -0.115. The smallest absolute Gasteiger partial charge is 0.221 e. The van der Waals surface area contributed by atoms with E-state index in [9.17, 15) is 9.59 Å². The predicted octanol–water partition coefficient (Wildman–Crippen LogP) is 2.69. The molecule has 0 unspecified atom stereocenters. The van der Waals surface area contributed by atoms with Gasteiger partial charge in [-0.15, -0.1) is 0 Å². The molecular formula is C14H16N2O2. The van der Waals surface area contributed by atoms with Gasteiger partial charge in [0, 0.05) is 36.5 Å². The van der Waals surface area contributed by atoms with Crippen LogP contribution in [0.3, 0.4) is 0 Å². The Labute approximate surface area is 106 Å². The van der Waals surface area contributed by atoms with Crippen molar-refractivity contribution in [2.45, 2.75) is 26.2 Å². The van der Waals surface area contributed by atoms with E-state index in [4.69, 9.17) is 0 Å². The van der Waals surface area contributed by atoms with Crippen LogP contribution in [0.5, 0.6) is 0 Å². The van der Waals surface area contributed by atoms with Gasteiger partial charge in [0.15, 0.2) is 5.78 Å². The van der Waals surface area contributed by atoms with Gasteiger partial charge in [0.2, 0.25) is 5.91 Å². The number of anilines is 2. The average molecular weight is 244 g/mol. The van der Waals surface area contributed by atoms with Crippen molar-refractivity contribution in [3.05, 3.63) is 36.0 Å². The quantitative estimate of drug-likeness (QED) is 0.859. The molecular weight excluding hydrogens is 228 g/mol. The monoisotopic (exact) mass is 244 g/mol. The van der Waals surface area contributed by atoms with Crippen molar-refractivity contribution in [2.75, 3.05) is 10.6 Å². The third kappa shape index (κ3) is 3.45. The Morgan fingerprint density at radius 2 is 1.78 bits per heavy atom. The Hall–Kier alpha value is -2.10. The van der Waals surface area contributed by atoms with E-state index < -0.39 is 0 Å². The Balaban J connectivity index is 2.02. The van der Waals surface area contributed by atoms with Crippen LogP contribution in [0.25, 0.3) is 0 Å². The summed E-state index contributed by atoms with van der Waals surface area (Å²) in [6.07, 6.45) is 4.12. The summed E-state index contributed by atoms with van der Waals surface area (Å²) in [5.74, 6) is 0.0925. The van der Waals surface area contributed by atoms with Crippen LogP contribution in [0.2, 0.25) is 0 Å². The zero-order chi connectivity index (χ0) is 13.0. The second-order valence-corrected chi connectivity index (χ2v) is 4.37. The molecule has 0 saturated carbocycles. The molecule has 1 aromatic carbocycles. The fourth-order valence-electron chi connectivity index (χ4n) is 1.92. The van der Waals surface area contributed by atoms with Gasteiger partial charge in [-0.05, 0) is 37.1 Å². The van der Waals surface area contributed by atoms with E-state index in [2.05, 4.69) is 10.6 Å². The molecule has 4 nitrogen and oxygen atoms in total. The first kappa shape index (κ1) is 12.4. The lowest BCUT2D eigenvalue weighted by Crippen LogP contribution is -2.09. The first-order valence-corrected chi connectivity index (χ1v) is 6.01. The standard InChI is InChI=1S/C14H16N2O2/c1-10(17)15-11-5-7-12(8-6-11)16-13-3-2-4-14(18)9-13/h5-9,16H,2-4H2,1H3,(H,15,17). The Bertz CT molecular complexity index is 489. The maximum atomic E-state index is 11.3. The average Bonchev–Trinajstić information content (AvgIpc) is 2.31. The minimum atomic E-state index is -0.0868. The van der Waals surface area contributed by atoms with Gasteiger partial charge in [0.05, 0.1) is 0 Å². The van der Waals surface area contributed by atoms with E-state index in [1.807, 2.05) is 24.3 Å². The summed E-state index contributed by atoms with van der Waals surface area (Å²) in [6.45, 7) is 1.48. The third-order valence-corrected chi connectivity index (χ3v) is 2.71. The van der Waals surface area contributed by atoms with Gasteiger partial charge in [-0.3, -0.25) is 9.59 Å². The molecule has 1 aromatic rings. The summed E-state index contributed by atoms with van der Waals surface area (Å²) in [5, 5.41) is 5.93. The van der Waals surface area contributed by atoms with Crippen molar-refractivity contribution in [1.29, 1.82) is 0 Å². The summed E-state index contributed by atoms with van der Waals surface area (Å²) >= 11 is 0. The van der Waals surface area contributed by atoms with Gasteiger partial charge >= 0.3 is 0 Å². The number of hydrogen-bond donors (Lipinski definition) is 2. The first-order valence-electron chi connectivity index (χ1n) is 6.01. The number of nitrogens with one attached hydrogen (secondary N) is 2. The van der Waals surface area contributed by atoms with Crippen molar-refractivity contribution in [3.8, 4) is 0 Å². The van der Waals surface area contributed by atoms with Gasteiger partial charge in [0.1, 0.15) is 0 Å². The molecule has 1 aliphatic carbocycles. The van der Waals surface area contributed by atoms with Crippen LogP contribution in [0, 0.1) is 0 Å². The Kier molecular flexibility index (Phi) is 3.77. The van der Waals surface area contributed by atoms with E-state index in [0.29, 0.717) is 6.42 Å². The van der Waals surface area contributed by atoms with Crippen LogP contribution in [0.15, 0.2) is 36.0 Å². The maximum Gasteiger partial charge on any atom is 0.221 e. The third-order valence-electron chi connectivity index (χ3n) is 2.71. The number of allylic oxidation sites excluding steroid dienone is 2. The maximum absolute atomic E-state index is 11.3. The topological polar surface area (TPSA) is 58.2 Å². The summed E-state index contributed by atoms with van der Waals surface area (Å²) in [4.78, 5) is 22.2. The molecule has 4 heteroatoms. The van der Waals surface area contributed by atoms with Gasteiger partial charge < -0.3 is 10.6 Å². The second-order valence-electron chi connectivity index (χ2n) is 4.37. The highest BCUT2D eigenvalue weighted by Gasteiger charge is 2.09. The van der Waals surface area contributed by atoms with Gasteiger partial charge in [-0.2, -0.15) is 0 Å². The summed E-state index contributed by atoms with van der Waals surface area (Å²) in [6, 6.07) is 7.42. The lowest BCUT2D eigenvalue weighted by atomic mass is 10.0. The van der Waals surface area contributed by atoms with E-state index in [0.717, 1.165) is 29.9 Å². The number of benzene rings is 1. The van der Waals surface area contributed by atoms with Crippen LogP contribution < -0.4 is 10.6 Å². The number of hydrogen-bond acceptors (Lipinski definition) is 3. The minimum Gasteiger partial charge on any atom is -0.359 e. The largest absolute Gasteiger partial charge is 0.359 e. The highest BCUT2D eigenvalue weighted by Crippen LogP contribution is 2.20. The van der Waals surface area contributed by atoms with Crippen molar-refractivity contribution in [2.24, 2.45) is 0 Å². The van der Waals surface area contributed by atoms with Crippen LogP contribution in [-0.4, -0.2) is 11.7 Å². The molecule has 1 amide bonds. The highest BCUT2D eigenvalue weighted by atomic mass is 16.1. The molecule has 0 heterocycles. The van der Waals surface area contributed by atoms with Crippen LogP contribution >= 0.6 is 0 Å². The zero-order valence-electron chi connectivity index (χ0n) is 10.3. The molecule has 2 N–H and O–H groups in total. The summed E-state index contributed by atoms with van der Waals surface area (Å²) in [5.41, 5.74) is 2.64. The van der Waals surface area contributed by atoms with Crippen molar-refractivity contribution < 1.29 is 9.59 Å². The molecule has 0 saturated heterocycles. The number of amides is 1. The molecule has 0 atom stereocenters.